The molecule has 158 valence electrons. The van der Waals surface area contributed by atoms with E-state index < -0.39 is 0 Å². The molecule has 0 aliphatic rings. The van der Waals surface area contributed by atoms with Gasteiger partial charge in [0.2, 0.25) is 5.91 Å². The molecule has 3 aromatic rings. The normalized spacial score (nSPS) is 11.5. The first-order valence-electron chi connectivity index (χ1n) is 10.4. The van der Waals surface area contributed by atoms with Gasteiger partial charge in [0, 0.05) is 18.7 Å². The first kappa shape index (κ1) is 22.1. The van der Waals surface area contributed by atoms with Gasteiger partial charge in [0.05, 0.1) is 5.75 Å². The summed E-state index contributed by atoms with van der Waals surface area (Å²) < 4.78 is 2.06. The average molecular weight is 423 g/mol. The minimum Gasteiger partial charge on any atom is -0.355 e. The standard InChI is InChI=1S/C24H30N4OS/c1-5-28-22(19-11-13-20(14-12-19)24(2,3)4)26-27-23(28)30-17-21(29)25-16-15-18-9-7-6-8-10-18/h6-14H,5,15-17H2,1-4H3,(H,25,29). The maximum absolute atomic E-state index is 12.2. The minimum atomic E-state index is 0.0117. The topological polar surface area (TPSA) is 59.8 Å². The predicted octanol–water partition coefficient (Wildman–Crippen LogP) is 4.71. The SMILES string of the molecule is CCn1c(SCC(=O)NCCc2ccccc2)nnc1-c1ccc(C(C)(C)C)cc1. The number of amides is 1. The number of carbonyl (C=O) groups excluding carboxylic acids is 1. The molecule has 0 saturated carbocycles. The Morgan fingerprint density at radius 2 is 1.73 bits per heavy atom. The van der Waals surface area contributed by atoms with Crippen molar-refractivity contribution in [2.75, 3.05) is 12.3 Å². The predicted molar refractivity (Wildman–Crippen MR) is 124 cm³/mol. The van der Waals surface area contributed by atoms with E-state index in [2.05, 4.69) is 84.2 Å². The van der Waals surface area contributed by atoms with Crippen LogP contribution in [0.1, 0.15) is 38.8 Å². The number of hydrogen-bond donors (Lipinski definition) is 1. The number of hydrogen-bond acceptors (Lipinski definition) is 4. The van der Waals surface area contributed by atoms with E-state index >= 15 is 0 Å². The van der Waals surface area contributed by atoms with Gasteiger partial charge in [-0.3, -0.25) is 4.79 Å². The zero-order valence-electron chi connectivity index (χ0n) is 18.2. The molecule has 0 unspecified atom stereocenters. The van der Waals surface area contributed by atoms with Gasteiger partial charge in [-0.15, -0.1) is 10.2 Å². The molecule has 5 nitrogen and oxygen atoms in total. The van der Waals surface area contributed by atoms with E-state index in [0.717, 1.165) is 29.5 Å². The lowest BCUT2D eigenvalue weighted by atomic mass is 9.87. The lowest BCUT2D eigenvalue weighted by Crippen LogP contribution is -2.27. The molecule has 0 bridgehead atoms. The van der Waals surface area contributed by atoms with Gasteiger partial charge in [-0.25, -0.2) is 0 Å². The summed E-state index contributed by atoms with van der Waals surface area (Å²) >= 11 is 1.43. The van der Waals surface area contributed by atoms with Gasteiger partial charge in [0.1, 0.15) is 0 Å². The Morgan fingerprint density at radius 1 is 1.03 bits per heavy atom. The molecule has 0 radical (unpaired) electrons. The second-order valence-corrected chi connectivity index (χ2v) is 9.19. The quantitative estimate of drug-likeness (QED) is 0.534. The number of nitrogens with one attached hydrogen (secondary N) is 1. The molecule has 1 N–H and O–H groups in total. The molecule has 1 amide bonds. The third kappa shape index (κ3) is 5.72. The molecule has 1 aromatic heterocycles. The van der Waals surface area contributed by atoms with Crippen LogP contribution in [0.2, 0.25) is 0 Å². The summed E-state index contributed by atoms with van der Waals surface area (Å²) in [6.45, 7) is 10.1. The third-order valence-electron chi connectivity index (χ3n) is 4.95. The van der Waals surface area contributed by atoms with Gasteiger partial charge in [-0.1, -0.05) is 87.1 Å². The number of rotatable bonds is 8. The van der Waals surface area contributed by atoms with Crippen molar-refractivity contribution in [3.8, 4) is 11.4 Å². The van der Waals surface area contributed by atoms with Gasteiger partial charge in [-0.05, 0) is 29.9 Å². The highest BCUT2D eigenvalue weighted by molar-refractivity contribution is 7.99. The monoisotopic (exact) mass is 422 g/mol. The van der Waals surface area contributed by atoms with E-state index in [9.17, 15) is 4.79 Å². The lowest BCUT2D eigenvalue weighted by molar-refractivity contribution is -0.118. The molecule has 1 heterocycles. The van der Waals surface area contributed by atoms with E-state index in [-0.39, 0.29) is 11.3 Å². The van der Waals surface area contributed by atoms with Crippen LogP contribution in [-0.2, 0) is 23.2 Å². The van der Waals surface area contributed by atoms with E-state index in [1.807, 2.05) is 18.2 Å². The van der Waals surface area contributed by atoms with Gasteiger partial charge >= 0.3 is 0 Å². The average Bonchev–Trinajstić information content (AvgIpc) is 3.15. The Balaban J connectivity index is 1.58. The Kier molecular flexibility index (Phi) is 7.32. The molecule has 3 rings (SSSR count). The van der Waals surface area contributed by atoms with Crippen molar-refractivity contribution in [3.63, 3.8) is 0 Å². The molecule has 0 saturated heterocycles. The molecule has 0 aliphatic heterocycles. The summed E-state index contributed by atoms with van der Waals surface area (Å²) in [7, 11) is 0. The molecule has 0 aliphatic carbocycles. The van der Waals surface area contributed by atoms with Crippen molar-refractivity contribution >= 4 is 17.7 Å². The highest BCUT2D eigenvalue weighted by Gasteiger charge is 2.17. The van der Waals surface area contributed by atoms with Crippen LogP contribution >= 0.6 is 11.8 Å². The van der Waals surface area contributed by atoms with Crippen LogP contribution < -0.4 is 5.32 Å². The molecule has 30 heavy (non-hydrogen) atoms. The minimum absolute atomic E-state index is 0.0117. The number of thioether (sulfide) groups is 1. The lowest BCUT2D eigenvalue weighted by Gasteiger charge is -2.19. The molecule has 0 atom stereocenters. The van der Waals surface area contributed by atoms with Crippen molar-refractivity contribution in [2.45, 2.75) is 51.2 Å². The van der Waals surface area contributed by atoms with Gasteiger partial charge in [0.25, 0.3) is 0 Å². The fourth-order valence-corrected chi connectivity index (χ4v) is 4.02. The molecule has 0 fully saturated rings. The molecule has 2 aromatic carbocycles. The summed E-state index contributed by atoms with van der Waals surface area (Å²) in [5.74, 6) is 1.18. The largest absolute Gasteiger partial charge is 0.355 e. The van der Waals surface area contributed by atoms with E-state index in [0.29, 0.717) is 12.3 Å². The van der Waals surface area contributed by atoms with Crippen molar-refractivity contribution in [3.05, 3.63) is 65.7 Å². The van der Waals surface area contributed by atoms with Crippen LogP contribution in [0.3, 0.4) is 0 Å². The fraction of sp³-hybridized carbons (Fsp3) is 0.375. The molecule has 6 heteroatoms. The van der Waals surface area contributed by atoms with Gasteiger partial charge in [0.15, 0.2) is 11.0 Å². The Hall–Kier alpha value is -2.60. The van der Waals surface area contributed by atoms with Crippen molar-refractivity contribution in [2.24, 2.45) is 0 Å². The number of aromatic nitrogens is 3. The summed E-state index contributed by atoms with van der Waals surface area (Å²) in [6.07, 6.45) is 0.830. The summed E-state index contributed by atoms with van der Waals surface area (Å²) in [4.78, 5) is 12.2. The maximum Gasteiger partial charge on any atom is 0.230 e. The number of nitrogens with zero attached hydrogens (tertiary/aromatic N) is 3. The van der Waals surface area contributed by atoms with Crippen LogP contribution in [0.4, 0.5) is 0 Å². The second-order valence-electron chi connectivity index (χ2n) is 8.25. The first-order chi connectivity index (χ1) is 14.4. The summed E-state index contributed by atoms with van der Waals surface area (Å²) in [5, 5.41) is 12.5. The van der Waals surface area contributed by atoms with E-state index in [1.165, 1.54) is 22.9 Å². The fourth-order valence-electron chi connectivity index (χ4n) is 3.19. The maximum atomic E-state index is 12.2. The van der Waals surface area contributed by atoms with Crippen molar-refractivity contribution < 1.29 is 4.79 Å². The van der Waals surface area contributed by atoms with E-state index in [1.54, 1.807) is 0 Å². The van der Waals surface area contributed by atoms with Crippen molar-refractivity contribution in [1.29, 1.82) is 0 Å². The third-order valence-corrected chi connectivity index (χ3v) is 5.92. The van der Waals surface area contributed by atoms with E-state index in [4.69, 9.17) is 0 Å². The summed E-state index contributed by atoms with van der Waals surface area (Å²) in [6, 6.07) is 18.7. The molecule has 0 spiro atoms. The summed E-state index contributed by atoms with van der Waals surface area (Å²) in [5.41, 5.74) is 3.66. The van der Waals surface area contributed by atoms with Crippen LogP contribution in [0.25, 0.3) is 11.4 Å². The Bertz CT molecular complexity index is 959. The van der Waals surface area contributed by atoms with Gasteiger partial charge in [-0.2, -0.15) is 0 Å². The smallest absolute Gasteiger partial charge is 0.230 e. The van der Waals surface area contributed by atoms with Crippen LogP contribution in [0.5, 0.6) is 0 Å². The van der Waals surface area contributed by atoms with Crippen LogP contribution in [0, 0.1) is 0 Å². The number of carbonyl (C=O) groups is 1. The second kappa shape index (κ2) is 9.94. The molecular formula is C24H30N4OS. The Labute approximate surface area is 183 Å². The number of benzene rings is 2. The first-order valence-corrected chi connectivity index (χ1v) is 11.3. The van der Waals surface area contributed by atoms with Crippen LogP contribution in [0.15, 0.2) is 59.8 Å². The van der Waals surface area contributed by atoms with Gasteiger partial charge < -0.3 is 9.88 Å². The van der Waals surface area contributed by atoms with Crippen LogP contribution in [-0.4, -0.2) is 33.0 Å². The molecular weight excluding hydrogens is 392 g/mol. The highest BCUT2D eigenvalue weighted by Crippen LogP contribution is 2.27. The highest BCUT2D eigenvalue weighted by atomic mass is 32.2. The zero-order chi connectivity index (χ0) is 21.6. The Morgan fingerprint density at radius 3 is 2.37 bits per heavy atom. The van der Waals surface area contributed by atoms with Crippen molar-refractivity contribution in [1.82, 2.24) is 20.1 Å². The zero-order valence-corrected chi connectivity index (χ0v) is 19.0.